The summed E-state index contributed by atoms with van der Waals surface area (Å²) in [5, 5.41) is 0. The summed E-state index contributed by atoms with van der Waals surface area (Å²) in [7, 11) is 2.15. The number of hydrogen-bond donors (Lipinski definition) is 1. The van der Waals surface area contributed by atoms with Crippen molar-refractivity contribution < 1.29 is 0 Å². The number of likely N-dealkylation sites (N-methyl/N-ethyl adjacent to an activating group) is 1. The molecule has 0 radical (unpaired) electrons. The van der Waals surface area contributed by atoms with Crippen molar-refractivity contribution in [1.29, 1.82) is 0 Å². The van der Waals surface area contributed by atoms with Crippen LogP contribution in [0.1, 0.15) is 0 Å². The predicted octanol–water partition coefficient (Wildman–Crippen LogP) is 1.26. The van der Waals surface area contributed by atoms with Gasteiger partial charge in [-0.2, -0.15) is 0 Å². The summed E-state index contributed by atoms with van der Waals surface area (Å²) in [4.78, 5) is 8.75. The first-order valence-electron chi connectivity index (χ1n) is 4.90. The number of hydrogen-bond acceptors (Lipinski definition) is 4. The van der Waals surface area contributed by atoms with Gasteiger partial charge in [0.15, 0.2) is 0 Å². The first kappa shape index (κ1) is 15.3. The fourth-order valence-electron chi connectivity index (χ4n) is 1.68. The SMILES string of the molecule is CN1CCN(c2cncc(N)c2)CC1.Cl.Cl. The van der Waals surface area contributed by atoms with E-state index in [0.29, 0.717) is 0 Å². The van der Waals surface area contributed by atoms with Crippen molar-refractivity contribution >= 4 is 36.2 Å². The molecule has 2 rings (SSSR count). The summed E-state index contributed by atoms with van der Waals surface area (Å²) < 4.78 is 0. The number of nitrogens with two attached hydrogens (primary N) is 1. The highest BCUT2D eigenvalue weighted by Crippen LogP contribution is 2.16. The maximum Gasteiger partial charge on any atom is 0.0574 e. The molecule has 0 bridgehead atoms. The van der Waals surface area contributed by atoms with Gasteiger partial charge in [-0.25, -0.2) is 0 Å². The Hall–Kier alpha value is -0.710. The maximum absolute atomic E-state index is 5.69. The molecule has 2 N–H and O–H groups in total. The Morgan fingerprint density at radius 3 is 2.31 bits per heavy atom. The maximum atomic E-state index is 5.69. The van der Waals surface area contributed by atoms with E-state index in [4.69, 9.17) is 5.73 Å². The van der Waals surface area contributed by atoms with E-state index in [9.17, 15) is 0 Å². The molecule has 1 fully saturated rings. The molecular weight excluding hydrogens is 247 g/mol. The summed E-state index contributed by atoms with van der Waals surface area (Å²) in [6.07, 6.45) is 3.56. The summed E-state index contributed by atoms with van der Waals surface area (Å²) in [6, 6.07) is 1.98. The van der Waals surface area contributed by atoms with Crippen LogP contribution in [-0.4, -0.2) is 43.1 Å². The van der Waals surface area contributed by atoms with Crippen LogP contribution >= 0.6 is 24.8 Å². The highest BCUT2D eigenvalue weighted by atomic mass is 35.5. The first-order chi connectivity index (χ1) is 6.75. The molecule has 1 aromatic heterocycles. The monoisotopic (exact) mass is 264 g/mol. The minimum atomic E-state index is 0. The van der Waals surface area contributed by atoms with Gasteiger partial charge in [0, 0.05) is 32.4 Å². The van der Waals surface area contributed by atoms with Crippen molar-refractivity contribution in [2.45, 2.75) is 0 Å². The lowest BCUT2D eigenvalue weighted by Crippen LogP contribution is -2.44. The summed E-state index contributed by atoms with van der Waals surface area (Å²) in [5.41, 5.74) is 7.57. The van der Waals surface area contributed by atoms with Gasteiger partial charge in [0.2, 0.25) is 0 Å². The lowest BCUT2D eigenvalue weighted by molar-refractivity contribution is 0.313. The van der Waals surface area contributed by atoms with Crippen LogP contribution < -0.4 is 10.6 Å². The third-order valence-electron chi connectivity index (χ3n) is 2.61. The number of halogens is 2. The van der Waals surface area contributed by atoms with Crippen LogP contribution in [-0.2, 0) is 0 Å². The molecule has 0 spiro atoms. The molecule has 0 atom stereocenters. The quantitative estimate of drug-likeness (QED) is 0.830. The topological polar surface area (TPSA) is 45.4 Å². The van der Waals surface area contributed by atoms with Crippen LogP contribution in [0.15, 0.2) is 18.5 Å². The molecule has 0 amide bonds. The van der Waals surface area contributed by atoms with Crippen LogP contribution in [0.4, 0.5) is 11.4 Å². The van der Waals surface area contributed by atoms with E-state index in [1.54, 1.807) is 6.20 Å². The van der Waals surface area contributed by atoms with Crippen molar-refractivity contribution in [3.63, 3.8) is 0 Å². The number of anilines is 2. The Balaban J connectivity index is 0.00000112. The Bertz CT molecular complexity index is 313. The fraction of sp³-hybridized carbons (Fsp3) is 0.500. The highest BCUT2D eigenvalue weighted by molar-refractivity contribution is 5.85. The highest BCUT2D eigenvalue weighted by Gasteiger charge is 2.14. The van der Waals surface area contributed by atoms with Gasteiger partial charge in [-0.05, 0) is 13.1 Å². The molecule has 1 aliphatic rings. The minimum Gasteiger partial charge on any atom is -0.397 e. The second-order valence-corrected chi connectivity index (χ2v) is 3.77. The average Bonchev–Trinajstić information content (AvgIpc) is 2.19. The Morgan fingerprint density at radius 2 is 1.75 bits per heavy atom. The van der Waals surface area contributed by atoms with Crippen LogP contribution in [0.5, 0.6) is 0 Å². The molecule has 2 heterocycles. The Labute approximate surface area is 109 Å². The van der Waals surface area contributed by atoms with Gasteiger partial charge in [0.25, 0.3) is 0 Å². The standard InChI is InChI=1S/C10H16N4.2ClH/c1-13-2-4-14(5-3-13)10-6-9(11)7-12-8-10;;/h6-8H,2-5,11H2,1H3;2*1H. The zero-order chi connectivity index (χ0) is 9.97. The predicted molar refractivity (Wildman–Crippen MR) is 72.9 cm³/mol. The molecule has 1 aliphatic heterocycles. The van der Waals surface area contributed by atoms with Crippen molar-refractivity contribution in [2.75, 3.05) is 43.9 Å². The molecule has 6 heteroatoms. The van der Waals surface area contributed by atoms with E-state index in [0.717, 1.165) is 37.6 Å². The first-order valence-corrected chi connectivity index (χ1v) is 4.90. The van der Waals surface area contributed by atoms with E-state index in [1.807, 2.05) is 12.3 Å². The van der Waals surface area contributed by atoms with Crippen LogP contribution in [0, 0.1) is 0 Å². The normalized spacial score (nSPS) is 16.2. The zero-order valence-corrected chi connectivity index (χ0v) is 10.9. The fourth-order valence-corrected chi connectivity index (χ4v) is 1.68. The molecule has 92 valence electrons. The number of nitrogens with zero attached hydrogens (tertiary/aromatic N) is 3. The molecule has 1 saturated heterocycles. The van der Waals surface area contributed by atoms with Gasteiger partial charge in [0.1, 0.15) is 0 Å². The van der Waals surface area contributed by atoms with Gasteiger partial charge < -0.3 is 15.5 Å². The molecule has 0 unspecified atom stereocenters. The largest absolute Gasteiger partial charge is 0.397 e. The van der Waals surface area contributed by atoms with Crippen molar-refractivity contribution in [3.8, 4) is 0 Å². The third kappa shape index (κ3) is 3.70. The summed E-state index contributed by atoms with van der Waals surface area (Å²) >= 11 is 0. The average molecular weight is 265 g/mol. The number of rotatable bonds is 1. The van der Waals surface area contributed by atoms with Crippen molar-refractivity contribution in [2.24, 2.45) is 0 Å². The van der Waals surface area contributed by atoms with Crippen molar-refractivity contribution in [3.05, 3.63) is 18.5 Å². The molecule has 0 saturated carbocycles. The van der Waals surface area contributed by atoms with Gasteiger partial charge >= 0.3 is 0 Å². The second-order valence-electron chi connectivity index (χ2n) is 3.77. The van der Waals surface area contributed by atoms with E-state index in [2.05, 4.69) is 21.8 Å². The summed E-state index contributed by atoms with van der Waals surface area (Å²) in [5.74, 6) is 0. The number of nitrogen functional groups attached to an aromatic ring is 1. The van der Waals surface area contributed by atoms with Crippen LogP contribution in [0.2, 0.25) is 0 Å². The smallest absolute Gasteiger partial charge is 0.0574 e. The van der Waals surface area contributed by atoms with Crippen LogP contribution in [0.3, 0.4) is 0 Å². The lowest BCUT2D eigenvalue weighted by atomic mass is 10.3. The molecule has 1 aromatic rings. The van der Waals surface area contributed by atoms with E-state index >= 15 is 0 Å². The third-order valence-corrected chi connectivity index (χ3v) is 2.61. The van der Waals surface area contributed by atoms with Gasteiger partial charge in [-0.15, -0.1) is 24.8 Å². The Morgan fingerprint density at radius 1 is 1.12 bits per heavy atom. The molecule has 0 aromatic carbocycles. The van der Waals surface area contributed by atoms with Crippen LogP contribution in [0.25, 0.3) is 0 Å². The Kier molecular flexibility index (Phi) is 6.48. The number of piperazine rings is 1. The molecule has 16 heavy (non-hydrogen) atoms. The van der Waals surface area contributed by atoms with Gasteiger partial charge in [-0.3, -0.25) is 4.98 Å². The number of pyridine rings is 1. The van der Waals surface area contributed by atoms with E-state index < -0.39 is 0 Å². The molecular formula is C10H18Cl2N4. The van der Waals surface area contributed by atoms with E-state index in [-0.39, 0.29) is 24.8 Å². The molecule has 4 nitrogen and oxygen atoms in total. The summed E-state index contributed by atoms with van der Waals surface area (Å²) in [6.45, 7) is 4.33. The number of aromatic nitrogens is 1. The lowest BCUT2D eigenvalue weighted by Gasteiger charge is -2.33. The van der Waals surface area contributed by atoms with Gasteiger partial charge in [0.05, 0.1) is 17.6 Å². The minimum absolute atomic E-state index is 0. The zero-order valence-electron chi connectivity index (χ0n) is 9.30. The van der Waals surface area contributed by atoms with Crippen molar-refractivity contribution in [1.82, 2.24) is 9.88 Å². The molecule has 0 aliphatic carbocycles. The van der Waals surface area contributed by atoms with E-state index in [1.165, 1.54) is 0 Å². The van der Waals surface area contributed by atoms with Gasteiger partial charge in [-0.1, -0.05) is 0 Å². The second kappa shape index (κ2) is 6.78.